The number of hydrogen-bond donors (Lipinski definition) is 2. The third-order valence-corrected chi connectivity index (χ3v) is 0. The van der Waals surface area contributed by atoms with Crippen LogP contribution in [0, 0.1) is 0 Å². The van der Waals surface area contributed by atoms with Gasteiger partial charge in [0.25, 0.3) is 0 Å². The zero-order valence-corrected chi connectivity index (χ0v) is 4.69. The van der Waals surface area contributed by atoms with E-state index in [1.165, 1.54) is 0 Å². The first-order valence-electron chi connectivity index (χ1n) is 0.724. The van der Waals surface area contributed by atoms with Crippen LogP contribution in [0.25, 0.3) is 0 Å². The molecule has 0 atom stereocenters. The molecule has 0 rings (SSSR count). The van der Waals surface area contributed by atoms with Crippen LogP contribution in [0.1, 0.15) is 0 Å². The van der Waals surface area contributed by atoms with Crippen molar-refractivity contribution in [3.05, 3.63) is 0 Å². The zero-order valence-electron chi connectivity index (χ0n) is 2.23. The van der Waals surface area contributed by atoms with Gasteiger partial charge in [-0.2, -0.15) is 0 Å². The molecule has 0 aromatic carbocycles. The van der Waals surface area contributed by atoms with E-state index in [4.69, 9.17) is 5.11 Å². The van der Waals surface area contributed by atoms with Gasteiger partial charge < -0.3 is 10.8 Å². The SMILES string of the molecule is NCO.[Zr]. The van der Waals surface area contributed by atoms with E-state index < -0.39 is 0 Å². The Morgan fingerprint density at radius 2 is 1.75 bits per heavy atom. The Kier molecular flexibility index (Phi) is 20.3. The maximum absolute atomic E-state index is 7.35. The van der Waals surface area contributed by atoms with E-state index >= 15 is 0 Å². The molecule has 3 heteroatoms. The summed E-state index contributed by atoms with van der Waals surface area (Å²) in [5.41, 5.74) is 4.40. The van der Waals surface area contributed by atoms with Gasteiger partial charge in [0.05, 0.1) is 6.73 Å². The van der Waals surface area contributed by atoms with Crippen LogP contribution in [-0.4, -0.2) is 11.8 Å². The van der Waals surface area contributed by atoms with E-state index in [1.54, 1.807) is 0 Å². The van der Waals surface area contributed by atoms with Crippen molar-refractivity contribution in [2.75, 3.05) is 6.73 Å². The molecule has 3 N–H and O–H groups in total. The number of aliphatic hydroxyl groups excluding tert-OH is 1. The van der Waals surface area contributed by atoms with E-state index in [-0.39, 0.29) is 32.9 Å². The van der Waals surface area contributed by atoms with Gasteiger partial charge in [0, 0.05) is 26.2 Å². The Hall–Kier alpha value is 0.803. The van der Waals surface area contributed by atoms with E-state index in [0.29, 0.717) is 0 Å². The molecule has 0 bridgehead atoms. The van der Waals surface area contributed by atoms with Crippen LogP contribution in [0.15, 0.2) is 0 Å². The maximum Gasteiger partial charge on any atom is 0.0906 e. The summed E-state index contributed by atoms with van der Waals surface area (Å²) < 4.78 is 0. The molecule has 0 unspecified atom stereocenters. The molecular formula is CH5NOZr. The summed E-state index contributed by atoms with van der Waals surface area (Å²) in [6, 6.07) is 0. The fourth-order valence-corrected chi connectivity index (χ4v) is 0. The van der Waals surface area contributed by atoms with E-state index in [1.807, 2.05) is 0 Å². The van der Waals surface area contributed by atoms with Crippen LogP contribution >= 0.6 is 0 Å². The van der Waals surface area contributed by atoms with Crippen molar-refractivity contribution in [1.29, 1.82) is 0 Å². The summed E-state index contributed by atoms with van der Waals surface area (Å²) in [4.78, 5) is 0. The Bertz CT molecular complexity index is 8.00. The molecule has 0 heterocycles. The number of rotatable bonds is 0. The van der Waals surface area contributed by atoms with Crippen LogP contribution in [0.2, 0.25) is 0 Å². The largest absolute Gasteiger partial charge is 0.382 e. The molecule has 0 spiro atoms. The molecule has 0 aromatic rings. The first-order chi connectivity index (χ1) is 1.41. The van der Waals surface area contributed by atoms with Crippen LogP contribution in [0.5, 0.6) is 0 Å². The third-order valence-electron chi connectivity index (χ3n) is 0. The van der Waals surface area contributed by atoms with Crippen LogP contribution in [0.4, 0.5) is 0 Å². The number of nitrogens with two attached hydrogens (primary N) is 1. The molecule has 0 radical (unpaired) electrons. The number of aliphatic hydroxyl groups is 1. The smallest absolute Gasteiger partial charge is 0.0906 e. The first-order valence-corrected chi connectivity index (χ1v) is 0.724. The summed E-state index contributed by atoms with van der Waals surface area (Å²) in [6.45, 7) is -0.250. The van der Waals surface area contributed by atoms with Crippen LogP contribution < -0.4 is 5.73 Å². The second kappa shape index (κ2) is 9.19. The standard InChI is InChI=1S/CH5NO.Zr/c2-1-3;/h3H,1-2H2;. The quantitative estimate of drug-likeness (QED) is 0.417. The van der Waals surface area contributed by atoms with Gasteiger partial charge in [0.1, 0.15) is 0 Å². The van der Waals surface area contributed by atoms with Crippen molar-refractivity contribution >= 4 is 0 Å². The van der Waals surface area contributed by atoms with Crippen molar-refractivity contribution in [3.63, 3.8) is 0 Å². The summed E-state index contributed by atoms with van der Waals surface area (Å²) >= 11 is 0. The zero-order chi connectivity index (χ0) is 2.71. The van der Waals surface area contributed by atoms with Gasteiger partial charge in [-0.15, -0.1) is 0 Å². The van der Waals surface area contributed by atoms with Crippen molar-refractivity contribution < 1.29 is 31.3 Å². The average molecular weight is 138 g/mol. The molecule has 0 aliphatic heterocycles. The Balaban J connectivity index is 0. The van der Waals surface area contributed by atoms with Gasteiger partial charge in [0.15, 0.2) is 0 Å². The molecule has 24 valence electrons. The molecular weight excluding hydrogens is 133 g/mol. The topological polar surface area (TPSA) is 46.2 Å². The van der Waals surface area contributed by atoms with Crippen molar-refractivity contribution in [2.45, 2.75) is 0 Å². The second-order valence-corrected chi connectivity index (χ2v) is 0.183. The van der Waals surface area contributed by atoms with Crippen molar-refractivity contribution in [3.8, 4) is 0 Å². The minimum atomic E-state index is -0.250. The summed E-state index contributed by atoms with van der Waals surface area (Å²) in [5.74, 6) is 0. The fourth-order valence-electron chi connectivity index (χ4n) is 0. The first kappa shape index (κ1) is 8.84. The monoisotopic (exact) mass is 137 g/mol. The predicted octanol–water partition coefficient (Wildman–Crippen LogP) is -1.11. The molecule has 4 heavy (non-hydrogen) atoms. The van der Waals surface area contributed by atoms with Gasteiger partial charge >= 0.3 is 0 Å². The van der Waals surface area contributed by atoms with Crippen molar-refractivity contribution in [1.82, 2.24) is 0 Å². The Morgan fingerprint density at radius 3 is 1.75 bits per heavy atom. The minimum Gasteiger partial charge on any atom is -0.382 e. The van der Waals surface area contributed by atoms with Gasteiger partial charge in [-0.3, -0.25) is 0 Å². The summed E-state index contributed by atoms with van der Waals surface area (Å²) in [6.07, 6.45) is 0. The Labute approximate surface area is 44.1 Å². The molecule has 0 aromatic heterocycles. The molecule has 0 aliphatic carbocycles. The maximum atomic E-state index is 7.35. The van der Waals surface area contributed by atoms with Gasteiger partial charge in [-0.25, -0.2) is 0 Å². The van der Waals surface area contributed by atoms with Gasteiger partial charge in [-0.05, 0) is 0 Å². The number of hydrogen-bond acceptors (Lipinski definition) is 2. The molecule has 0 aliphatic rings. The van der Waals surface area contributed by atoms with E-state index in [9.17, 15) is 0 Å². The minimum absolute atomic E-state index is 0. The Morgan fingerprint density at radius 1 is 1.75 bits per heavy atom. The van der Waals surface area contributed by atoms with E-state index in [0.717, 1.165) is 0 Å². The molecule has 0 saturated carbocycles. The fraction of sp³-hybridized carbons (Fsp3) is 1.00. The molecule has 0 saturated heterocycles. The van der Waals surface area contributed by atoms with Gasteiger partial charge in [0.2, 0.25) is 0 Å². The third kappa shape index (κ3) is 14.1. The second-order valence-electron chi connectivity index (χ2n) is 0.183. The van der Waals surface area contributed by atoms with E-state index in [2.05, 4.69) is 5.73 Å². The normalized spacial score (nSPS) is 4.50. The average Bonchev–Trinajstić information content (AvgIpc) is 0.918. The van der Waals surface area contributed by atoms with Crippen LogP contribution in [-0.2, 0) is 26.2 Å². The molecule has 0 fully saturated rings. The summed E-state index contributed by atoms with van der Waals surface area (Å²) in [7, 11) is 0. The molecule has 2 nitrogen and oxygen atoms in total. The predicted molar refractivity (Wildman–Crippen MR) is 11.3 cm³/mol. The van der Waals surface area contributed by atoms with Crippen molar-refractivity contribution in [2.24, 2.45) is 5.73 Å². The molecule has 0 amide bonds. The van der Waals surface area contributed by atoms with Crippen LogP contribution in [0.3, 0.4) is 0 Å². The van der Waals surface area contributed by atoms with Gasteiger partial charge in [-0.1, -0.05) is 0 Å². The summed E-state index contributed by atoms with van der Waals surface area (Å²) in [5, 5.41) is 7.35.